The number of nitrogens with one attached hydrogen (secondary N) is 2. The summed E-state index contributed by atoms with van der Waals surface area (Å²) in [6.45, 7) is 11.2. The number of nitrogens with zero attached hydrogens (tertiary/aromatic N) is 1. The van der Waals surface area contributed by atoms with Gasteiger partial charge in [-0.15, -0.1) is 0 Å². The monoisotopic (exact) mass is 489 g/mol. The van der Waals surface area contributed by atoms with Crippen molar-refractivity contribution in [3.8, 4) is 0 Å². The van der Waals surface area contributed by atoms with Crippen molar-refractivity contribution >= 4 is 22.6 Å². The molecule has 3 atom stereocenters. The Morgan fingerprint density at radius 2 is 1.83 bits per heavy atom. The molecular formula is C26H39N3O6. The number of pyridine rings is 1. The maximum Gasteiger partial charge on any atom is 0.250 e. The zero-order chi connectivity index (χ0) is 26.3. The van der Waals surface area contributed by atoms with E-state index in [1.807, 2.05) is 52.8 Å². The lowest BCUT2D eigenvalue weighted by Gasteiger charge is -2.33. The Hall–Kier alpha value is -2.59. The molecule has 2 aromatic rings. The van der Waals surface area contributed by atoms with Gasteiger partial charge in [0.2, 0.25) is 5.91 Å². The molecule has 1 amide bonds. The van der Waals surface area contributed by atoms with E-state index in [1.165, 1.54) is 13.0 Å². The number of carbonyl (C=O) groups is 2. The molecule has 0 saturated carbocycles. The van der Waals surface area contributed by atoms with Crippen LogP contribution in [0.2, 0.25) is 0 Å². The summed E-state index contributed by atoms with van der Waals surface area (Å²) < 4.78 is 7.78. The standard InChI is InChI=1S/C26H39N3O6/c1-16(2)13-20(25(32)27-24(17(3)30)26(4,5)6)22(15-35-28-33)34-14-18-9-8-10-21-19(18)11-12-23(31)29(21)7/h8-12,16,20,22,24,28,33H,13-15H2,1-7H3,(H,27,32)/t20-,22?,24-/m1/s1. The second kappa shape index (κ2) is 12.4. The van der Waals surface area contributed by atoms with Crippen LogP contribution >= 0.6 is 0 Å². The third-order valence-corrected chi connectivity index (χ3v) is 6.09. The number of hydrogen-bond donors (Lipinski definition) is 3. The second-order valence-corrected chi connectivity index (χ2v) is 10.5. The number of carbonyl (C=O) groups excluding carboxylic acids is 2. The van der Waals surface area contributed by atoms with Crippen molar-refractivity contribution < 1.29 is 24.4 Å². The summed E-state index contributed by atoms with van der Waals surface area (Å²) >= 11 is 0. The van der Waals surface area contributed by atoms with Crippen molar-refractivity contribution in [3.63, 3.8) is 0 Å². The first-order valence-corrected chi connectivity index (χ1v) is 11.9. The number of Topliss-reactive ketones (excluding diaryl/α,β-unsaturated/α-hetero) is 1. The maximum absolute atomic E-state index is 13.4. The molecule has 2 rings (SSSR count). The number of hydrogen-bond acceptors (Lipinski definition) is 7. The van der Waals surface area contributed by atoms with Gasteiger partial charge in [-0.2, -0.15) is 0 Å². The first kappa shape index (κ1) is 28.6. The Morgan fingerprint density at radius 3 is 2.40 bits per heavy atom. The minimum atomic E-state index is -0.715. The molecule has 0 aliphatic carbocycles. The van der Waals surface area contributed by atoms with E-state index in [0.717, 1.165) is 16.5 Å². The molecule has 35 heavy (non-hydrogen) atoms. The van der Waals surface area contributed by atoms with Crippen molar-refractivity contribution in [1.29, 1.82) is 0 Å². The van der Waals surface area contributed by atoms with E-state index >= 15 is 0 Å². The van der Waals surface area contributed by atoms with Crippen molar-refractivity contribution in [2.75, 3.05) is 6.61 Å². The summed E-state index contributed by atoms with van der Waals surface area (Å²) in [5.41, 5.74) is 2.72. The van der Waals surface area contributed by atoms with Gasteiger partial charge in [0.15, 0.2) is 5.78 Å². The van der Waals surface area contributed by atoms with Gasteiger partial charge in [0.1, 0.15) is 0 Å². The number of amides is 1. The van der Waals surface area contributed by atoms with Crippen LogP contribution in [0.1, 0.15) is 53.5 Å². The van der Waals surface area contributed by atoms with Gasteiger partial charge < -0.3 is 14.6 Å². The predicted molar refractivity (Wildman–Crippen MR) is 134 cm³/mol. The molecule has 9 nitrogen and oxygen atoms in total. The second-order valence-electron chi connectivity index (χ2n) is 10.5. The lowest BCUT2D eigenvalue weighted by molar-refractivity contribution is -0.170. The average Bonchev–Trinajstić information content (AvgIpc) is 2.77. The summed E-state index contributed by atoms with van der Waals surface area (Å²) in [5.74, 6) is -0.898. The molecule has 0 saturated heterocycles. The molecule has 0 fully saturated rings. The fourth-order valence-corrected chi connectivity index (χ4v) is 4.30. The molecule has 0 spiro atoms. The minimum Gasteiger partial charge on any atom is -0.370 e. The molecule has 9 heteroatoms. The molecule has 1 aromatic heterocycles. The lowest BCUT2D eigenvalue weighted by atomic mass is 9.83. The molecule has 0 radical (unpaired) electrons. The normalized spacial score (nSPS) is 14.7. The Balaban J connectivity index is 2.35. The van der Waals surface area contributed by atoms with E-state index in [9.17, 15) is 14.4 Å². The van der Waals surface area contributed by atoms with Crippen molar-refractivity contribution in [2.24, 2.45) is 24.3 Å². The molecular weight excluding hydrogens is 450 g/mol. The van der Waals surface area contributed by atoms with Crippen LogP contribution < -0.4 is 16.5 Å². The molecule has 0 aliphatic rings. The molecule has 194 valence electrons. The topological polar surface area (TPSA) is 119 Å². The van der Waals surface area contributed by atoms with Crippen LogP contribution in [0.25, 0.3) is 10.9 Å². The SMILES string of the molecule is CC(=O)[C@@H](NC(=O)[C@H](CC(C)C)C(CONO)OCc1cccc2c1ccc(=O)n2C)C(C)(C)C. The molecule has 1 unspecified atom stereocenters. The number of ketones is 1. The predicted octanol–water partition coefficient (Wildman–Crippen LogP) is 3.12. The fourth-order valence-electron chi connectivity index (χ4n) is 4.30. The van der Waals surface area contributed by atoms with Crippen LogP contribution in [-0.4, -0.2) is 40.2 Å². The lowest BCUT2D eigenvalue weighted by Crippen LogP contribution is -2.52. The fraction of sp³-hybridized carbons (Fsp3) is 0.577. The maximum atomic E-state index is 13.4. The number of aryl methyl sites for hydroxylation is 1. The highest BCUT2D eigenvalue weighted by atomic mass is 16.8. The van der Waals surface area contributed by atoms with E-state index in [2.05, 4.69) is 5.32 Å². The average molecular weight is 490 g/mol. The van der Waals surface area contributed by atoms with Crippen molar-refractivity contribution in [3.05, 3.63) is 46.2 Å². The van der Waals surface area contributed by atoms with Crippen molar-refractivity contribution in [2.45, 2.75) is 66.7 Å². The van der Waals surface area contributed by atoms with E-state index < -0.39 is 23.5 Å². The van der Waals surface area contributed by atoms with E-state index in [-0.39, 0.29) is 36.4 Å². The highest BCUT2D eigenvalue weighted by molar-refractivity contribution is 5.89. The Labute approximate surface area is 206 Å². The smallest absolute Gasteiger partial charge is 0.250 e. The van der Waals surface area contributed by atoms with Gasteiger partial charge in [0, 0.05) is 18.5 Å². The molecule has 0 bridgehead atoms. The number of aromatic nitrogens is 1. The van der Waals surface area contributed by atoms with Gasteiger partial charge in [0.05, 0.1) is 36.8 Å². The Bertz CT molecular complexity index is 1070. The van der Waals surface area contributed by atoms with E-state index in [0.29, 0.717) is 6.42 Å². The zero-order valence-electron chi connectivity index (χ0n) is 21.8. The highest BCUT2D eigenvalue weighted by Crippen LogP contribution is 2.25. The highest BCUT2D eigenvalue weighted by Gasteiger charge is 2.36. The van der Waals surface area contributed by atoms with Gasteiger partial charge in [-0.25, -0.2) is 0 Å². The Morgan fingerprint density at radius 1 is 1.14 bits per heavy atom. The van der Waals surface area contributed by atoms with Crippen LogP contribution in [0, 0.1) is 17.3 Å². The quantitative estimate of drug-likeness (QED) is 0.392. The van der Waals surface area contributed by atoms with Gasteiger partial charge in [-0.1, -0.05) is 52.4 Å². The number of fused-ring (bicyclic) bond motifs is 1. The Kier molecular flexibility index (Phi) is 10.1. The molecule has 0 aliphatic heterocycles. The van der Waals surface area contributed by atoms with Crippen LogP contribution in [0.5, 0.6) is 0 Å². The van der Waals surface area contributed by atoms with Crippen LogP contribution in [0.15, 0.2) is 35.1 Å². The number of rotatable bonds is 12. The van der Waals surface area contributed by atoms with Gasteiger partial charge in [-0.05, 0) is 42.4 Å². The number of benzene rings is 1. The minimum absolute atomic E-state index is 0.0924. The summed E-state index contributed by atoms with van der Waals surface area (Å²) in [7, 11) is 1.71. The largest absolute Gasteiger partial charge is 0.370 e. The zero-order valence-corrected chi connectivity index (χ0v) is 21.8. The first-order chi connectivity index (χ1) is 16.4. The third kappa shape index (κ3) is 7.70. The van der Waals surface area contributed by atoms with Crippen LogP contribution in [0.4, 0.5) is 0 Å². The van der Waals surface area contributed by atoms with Crippen molar-refractivity contribution in [1.82, 2.24) is 15.5 Å². The summed E-state index contributed by atoms with van der Waals surface area (Å²) in [5, 5.41) is 12.8. The van der Waals surface area contributed by atoms with Gasteiger partial charge in [0.25, 0.3) is 5.56 Å². The summed E-state index contributed by atoms with van der Waals surface area (Å²) in [4.78, 5) is 42.7. The molecule has 1 heterocycles. The summed E-state index contributed by atoms with van der Waals surface area (Å²) in [6, 6.07) is 8.22. The third-order valence-electron chi connectivity index (χ3n) is 6.09. The van der Waals surface area contributed by atoms with Gasteiger partial charge in [-0.3, -0.25) is 24.4 Å². The van der Waals surface area contributed by atoms with E-state index in [1.54, 1.807) is 23.3 Å². The van der Waals surface area contributed by atoms with E-state index in [4.69, 9.17) is 14.8 Å². The molecule has 3 N–H and O–H groups in total. The number of ether oxygens (including phenoxy) is 1. The summed E-state index contributed by atoms with van der Waals surface area (Å²) in [6.07, 6.45) is -0.225. The molecule has 1 aromatic carbocycles. The van der Waals surface area contributed by atoms with Gasteiger partial charge >= 0.3 is 0 Å². The van der Waals surface area contributed by atoms with Crippen LogP contribution in [0.3, 0.4) is 0 Å². The first-order valence-electron chi connectivity index (χ1n) is 11.9. The van der Waals surface area contributed by atoms with Crippen LogP contribution in [-0.2, 0) is 32.8 Å².